The predicted molar refractivity (Wildman–Crippen MR) is 211 cm³/mol. The molecule has 2 N–H and O–H groups in total. The Morgan fingerprint density at radius 1 is 0.533 bits per heavy atom. The Bertz CT molecular complexity index is 2600. The SMILES string of the molecule is CN(CCO)S(=O)(=O)c1ccc2c(N=Nc3cc(Cl)ccc3[O-])c([O-])ccc2c1.CN(CCO)S(=O)(=O)c1ccc2c(N=Nc3cc(Cl)ccc3[O-])c([O-])ccc2c1.[Co+3].[Na+]. The minimum absolute atomic E-state index is 0. The Labute approximate surface area is 387 Å². The fourth-order valence-electron chi connectivity index (χ4n) is 5.30. The molecule has 0 unspecified atom stereocenters. The van der Waals surface area contributed by atoms with Gasteiger partial charge in [0.05, 0.1) is 45.8 Å². The standard InChI is InChI=1S/2C19H18ClN3O5S.Co.Na/c2*1-23(8-9-24)29(27,28)14-4-5-15-12(10-14)2-6-18(26)19(15)22-21-16-11-13(20)3-7-17(16)25;;/h2*2-7,10-11,24-26H,8-9H2,1H3;;/q;;+3;+1/p-4. The summed E-state index contributed by atoms with van der Waals surface area (Å²) in [6, 6.07) is 21.9. The van der Waals surface area contributed by atoms with Gasteiger partial charge in [-0.1, -0.05) is 94.7 Å². The second-order valence-corrected chi connectivity index (χ2v) is 17.3. The van der Waals surface area contributed by atoms with Crippen LogP contribution in [-0.2, 0) is 36.8 Å². The quantitative estimate of drug-likeness (QED) is 0.134. The number of rotatable bonds is 12. The average Bonchev–Trinajstić information content (AvgIpc) is 3.19. The van der Waals surface area contributed by atoms with E-state index >= 15 is 0 Å². The van der Waals surface area contributed by atoms with E-state index in [1.54, 1.807) is 0 Å². The van der Waals surface area contributed by atoms with Crippen LogP contribution in [0, 0.1) is 0 Å². The molecule has 6 rings (SSSR count). The third-order valence-electron chi connectivity index (χ3n) is 8.46. The molecule has 0 bridgehead atoms. The van der Waals surface area contributed by atoms with Crippen LogP contribution in [0.1, 0.15) is 0 Å². The smallest absolute Gasteiger partial charge is 0.871 e. The maximum Gasteiger partial charge on any atom is 3.00 e. The number of sulfonamides is 2. The molecular formula is C38H32Cl2CoN6NaO10S2. The molecule has 0 aliphatic carbocycles. The minimum Gasteiger partial charge on any atom is -0.871 e. The van der Waals surface area contributed by atoms with Crippen molar-refractivity contribution in [3.63, 3.8) is 0 Å². The van der Waals surface area contributed by atoms with Crippen molar-refractivity contribution in [2.24, 2.45) is 20.5 Å². The zero-order valence-electron chi connectivity index (χ0n) is 31.8. The molecule has 0 radical (unpaired) electrons. The van der Waals surface area contributed by atoms with E-state index in [1.807, 2.05) is 0 Å². The molecule has 0 saturated heterocycles. The number of aliphatic hydroxyl groups excluding tert-OH is 2. The second kappa shape index (κ2) is 21.7. The molecule has 0 saturated carbocycles. The molecule has 0 fully saturated rings. The topological polar surface area (TPSA) is 257 Å². The Morgan fingerprint density at radius 2 is 0.883 bits per heavy atom. The number of halogens is 2. The third kappa shape index (κ3) is 11.7. The predicted octanol–water partition coefficient (Wildman–Crippen LogP) is 2.34. The van der Waals surface area contributed by atoms with Crippen molar-refractivity contribution in [1.29, 1.82) is 0 Å². The van der Waals surface area contributed by atoms with E-state index in [1.165, 1.54) is 111 Å². The zero-order chi connectivity index (χ0) is 42.4. The van der Waals surface area contributed by atoms with Gasteiger partial charge in [0.15, 0.2) is 0 Å². The Hall–Kier alpha value is -3.93. The van der Waals surface area contributed by atoms with Crippen molar-refractivity contribution in [3.8, 4) is 23.0 Å². The summed E-state index contributed by atoms with van der Waals surface area (Å²) >= 11 is 11.7. The number of likely N-dealkylation sites (N-methyl/N-ethyl adjacent to an activating group) is 2. The van der Waals surface area contributed by atoms with E-state index in [4.69, 9.17) is 33.4 Å². The molecule has 60 heavy (non-hydrogen) atoms. The van der Waals surface area contributed by atoms with Crippen LogP contribution in [0.25, 0.3) is 21.5 Å². The van der Waals surface area contributed by atoms with Crippen LogP contribution >= 0.6 is 23.2 Å². The van der Waals surface area contributed by atoms with Crippen molar-refractivity contribution in [2.45, 2.75) is 9.79 Å². The molecule has 16 nitrogen and oxygen atoms in total. The van der Waals surface area contributed by atoms with Crippen LogP contribution in [0.3, 0.4) is 0 Å². The summed E-state index contributed by atoms with van der Waals surface area (Å²) in [5.41, 5.74) is -0.0680. The number of nitrogens with zero attached hydrogens (tertiary/aromatic N) is 6. The zero-order valence-corrected chi connectivity index (χ0v) is 38.0. The van der Waals surface area contributed by atoms with Gasteiger partial charge in [-0.05, 0) is 59.3 Å². The fraction of sp³-hybridized carbons (Fsp3) is 0.158. The van der Waals surface area contributed by atoms with Gasteiger partial charge in [0, 0.05) is 48.0 Å². The first-order valence-corrected chi connectivity index (χ1v) is 20.5. The number of benzene rings is 6. The fourth-order valence-corrected chi connectivity index (χ4v) is 8.03. The van der Waals surface area contributed by atoms with Crippen LogP contribution in [-0.4, -0.2) is 76.1 Å². The summed E-state index contributed by atoms with van der Waals surface area (Å²) in [4.78, 5) is 0.0262. The molecule has 22 heteroatoms. The Kier molecular flexibility index (Phi) is 18.3. The molecule has 0 amide bonds. The van der Waals surface area contributed by atoms with Crippen molar-refractivity contribution >= 4 is 87.5 Å². The van der Waals surface area contributed by atoms with Crippen molar-refractivity contribution in [3.05, 3.63) is 107 Å². The molecule has 310 valence electrons. The molecule has 0 atom stereocenters. The summed E-state index contributed by atoms with van der Waals surface area (Å²) in [6.45, 7) is -0.704. The maximum absolute atomic E-state index is 12.6. The summed E-state index contributed by atoms with van der Waals surface area (Å²) < 4.78 is 52.3. The largest absolute Gasteiger partial charge is 3.00 e. The number of fused-ring (bicyclic) bond motifs is 2. The van der Waals surface area contributed by atoms with Crippen LogP contribution in [0.15, 0.2) is 127 Å². The number of hydrogen-bond donors (Lipinski definition) is 2. The molecule has 6 aromatic rings. The van der Waals surface area contributed by atoms with Gasteiger partial charge in [-0.15, -0.1) is 0 Å². The summed E-state index contributed by atoms with van der Waals surface area (Å²) in [6.07, 6.45) is 0. The van der Waals surface area contributed by atoms with E-state index in [0.717, 1.165) is 8.61 Å². The third-order valence-corrected chi connectivity index (χ3v) is 12.6. The number of azo groups is 2. The van der Waals surface area contributed by atoms with E-state index in [-0.39, 0.29) is 105 Å². The van der Waals surface area contributed by atoms with Gasteiger partial charge in [0.2, 0.25) is 20.0 Å². The van der Waals surface area contributed by atoms with Crippen LogP contribution in [0.2, 0.25) is 10.0 Å². The van der Waals surface area contributed by atoms with Gasteiger partial charge in [-0.2, -0.15) is 29.1 Å². The van der Waals surface area contributed by atoms with E-state index in [0.29, 0.717) is 31.6 Å². The first-order chi connectivity index (χ1) is 27.5. The van der Waals surface area contributed by atoms with Crippen LogP contribution in [0.5, 0.6) is 23.0 Å². The van der Waals surface area contributed by atoms with Gasteiger partial charge >= 0.3 is 46.3 Å². The minimum atomic E-state index is -3.80. The number of hydrogen-bond acceptors (Lipinski definition) is 14. The first kappa shape index (κ1) is 50.4. The molecule has 0 aliphatic rings. The van der Waals surface area contributed by atoms with E-state index in [2.05, 4.69) is 20.5 Å². The number of aliphatic hydroxyl groups is 2. The van der Waals surface area contributed by atoms with Gasteiger partial charge < -0.3 is 30.6 Å². The van der Waals surface area contributed by atoms with Gasteiger partial charge in [0.1, 0.15) is 0 Å². The van der Waals surface area contributed by atoms with Gasteiger partial charge in [0.25, 0.3) is 0 Å². The van der Waals surface area contributed by atoms with Crippen molar-refractivity contribution in [1.82, 2.24) is 8.61 Å². The molecule has 0 heterocycles. The van der Waals surface area contributed by atoms with E-state index < -0.39 is 43.0 Å². The monoisotopic (exact) mass is 948 g/mol. The second-order valence-electron chi connectivity index (χ2n) is 12.3. The first-order valence-electron chi connectivity index (χ1n) is 16.9. The van der Waals surface area contributed by atoms with Crippen LogP contribution in [0.4, 0.5) is 22.7 Å². The van der Waals surface area contributed by atoms with Gasteiger partial charge in [-0.3, -0.25) is 0 Å². The summed E-state index contributed by atoms with van der Waals surface area (Å²) in [5, 5.41) is 84.0. The maximum atomic E-state index is 12.6. The summed E-state index contributed by atoms with van der Waals surface area (Å²) in [5.74, 6) is -1.65. The van der Waals surface area contributed by atoms with Crippen molar-refractivity contribution < 1.29 is 93.8 Å². The van der Waals surface area contributed by atoms with E-state index in [9.17, 15) is 37.3 Å². The van der Waals surface area contributed by atoms with Gasteiger partial charge in [-0.25, -0.2) is 16.8 Å². The Balaban J connectivity index is 0.000000310. The van der Waals surface area contributed by atoms with Crippen molar-refractivity contribution in [2.75, 3.05) is 40.4 Å². The normalized spacial score (nSPS) is 11.9. The molecule has 0 aliphatic heterocycles. The molecule has 0 spiro atoms. The summed E-state index contributed by atoms with van der Waals surface area (Å²) in [7, 11) is -4.87. The molecular weight excluding hydrogens is 917 g/mol. The average molecular weight is 950 g/mol. The molecule has 6 aromatic carbocycles. The Morgan fingerprint density at radius 3 is 1.23 bits per heavy atom. The van der Waals surface area contributed by atoms with Crippen LogP contribution < -0.4 is 50.0 Å². The molecule has 0 aromatic heterocycles.